The molecule has 0 spiro atoms. The summed E-state index contributed by atoms with van der Waals surface area (Å²) in [6, 6.07) is 19.7. The van der Waals surface area contributed by atoms with Gasteiger partial charge in [-0.15, -0.1) is 0 Å². The lowest BCUT2D eigenvalue weighted by Gasteiger charge is -2.26. The van der Waals surface area contributed by atoms with Crippen molar-refractivity contribution in [3.63, 3.8) is 0 Å². The van der Waals surface area contributed by atoms with Crippen molar-refractivity contribution in [1.82, 2.24) is 15.5 Å². The first-order valence-corrected chi connectivity index (χ1v) is 13.4. The number of aromatic nitrogens is 2. The van der Waals surface area contributed by atoms with Crippen molar-refractivity contribution in [2.75, 3.05) is 17.7 Å². The number of methoxy groups -OCH3 is 1. The molecule has 0 saturated carbocycles. The van der Waals surface area contributed by atoms with E-state index >= 15 is 0 Å². The smallest absolute Gasteiger partial charge is 0.251 e. The highest BCUT2D eigenvalue weighted by Crippen LogP contribution is 2.28. The molecule has 1 N–H and O–H groups in total. The number of hydrogen-bond acceptors (Lipinski definition) is 7. The van der Waals surface area contributed by atoms with Crippen molar-refractivity contribution in [2.45, 2.75) is 26.9 Å². The molecule has 0 atom stereocenters. The summed E-state index contributed by atoms with van der Waals surface area (Å²) < 4.78 is 37.1. The van der Waals surface area contributed by atoms with Gasteiger partial charge in [-0.1, -0.05) is 47.6 Å². The lowest BCUT2D eigenvalue weighted by atomic mass is 10.1. The molecule has 4 aromatic rings. The molecule has 0 radical (unpaired) electrons. The minimum absolute atomic E-state index is 0.0615. The molecule has 0 aliphatic carbocycles. The Balaban J connectivity index is 1.42. The van der Waals surface area contributed by atoms with Crippen molar-refractivity contribution in [3.8, 4) is 17.1 Å². The van der Waals surface area contributed by atoms with Gasteiger partial charge in [-0.05, 0) is 54.8 Å². The summed E-state index contributed by atoms with van der Waals surface area (Å²) in [7, 11) is -1.95. The predicted molar refractivity (Wildman–Crippen MR) is 141 cm³/mol. The number of carbonyl (C=O) groups is 1. The lowest BCUT2D eigenvalue weighted by molar-refractivity contribution is 0.0946. The summed E-state index contributed by atoms with van der Waals surface area (Å²) in [6.07, 6.45) is 1.19. The van der Waals surface area contributed by atoms with Gasteiger partial charge in [0.05, 0.1) is 32.1 Å². The molecule has 9 nitrogen and oxygen atoms in total. The van der Waals surface area contributed by atoms with Crippen LogP contribution in [0.3, 0.4) is 0 Å². The second-order valence-electron chi connectivity index (χ2n) is 8.63. The Morgan fingerprint density at radius 3 is 2.35 bits per heavy atom. The van der Waals surface area contributed by atoms with Crippen LogP contribution in [-0.4, -0.2) is 37.8 Å². The molecule has 0 aliphatic heterocycles. The first-order chi connectivity index (χ1) is 17.7. The molecule has 192 valence electrons. The van der Waals surface area contributed by atoms with Crippen molar-refractivity contribution in [1.29, 1.82) is 0 Å². The number of para-hydroxylation sites is 1. The van der Waals surface area contributed by atoms with Crippen LogP contribution in [0.25, 0.3) is 11.4 Å². The molecule has 1 heterocycles. The molecule has 4 rings (SSSR count). The number of ether oxygens (including phenoxy) is 1. The van der Waals surface area contributed by atoms with E-state index in [1.807, 2.05) is 50.2 Å². The van der Waals surface area contributed by atoms with Crippen LogP contribution < -0.4 is 14.4 Å². The highest BCUT2D eigenvalue weighted by molar-refractivity contribution is 7.92. The number of rotatable bonds is 9. The van der Waals surface area contributed by atoms with E-state index in [9.17, 15) is 13.2 Å². The molecule has 0 fully saturated rings. The number of aryl methyl sites for hydroxylation is 2. The number of nitrogens with one attached hydrogen (secondary N) is 1. The quantitative estimate of drug-likeness (QED) is 0.351. The van der Waals surface area contributed by atoms with Crippen LogP contribution in [0, 0.1) is 13.8 Å². The highest BCUT2D eigenvalue weighted by atomic mass is 32.2. The summed E-state index contributed by atoms with van der Waals surface area (Å²) in [4.78, 5) is 17.0. The average Bonchev–Trinajstić information content (AvgIpc) is 3.35. The van der Waals surface area contributed by atoms with E-state index in [1.165, 1.54) is 10.6 Å². The van der Waals surface area contributed by atoms with Gasteiger partial charge in [0.15, 0.2) is 0 Å². The van der Waals surface area contributed by atoms with E-state index in [0.29, 0.717) is 22.8 Å². The maximum atomic E-state index is 12.7. The van der Waals surface area contributed by atoms with Gasteiger partial charge in [-0.25, -0.2) is 8.42 Å². The van der Waals surface area contributed by atoms with E-state index in [1.54, 1.807) is 37.4 Å². The number of benzene rings is 3. The molecule has 37 heavy (non-hydrogen) atoms. The largest absolute Gasteiger partial charge is 0.497 e. The summed E-state index contributed by atoms with van der Waals surface area (Å²) in [5, 5.41) is 6.72. The van der Waals surface area contributed by atoms with E-state index in [-0.39, 0.29) is 24.9 Å². The Kier molecular flexibility index (Phi) is 7.58. The Morgan fingerprint density at radius 1 is 1.03 bits per heavy atom. The van der Waals surface area contributed by atoms with Gasteiger partial charge in [-0.2, -0.15) is 4.98 Å². The monoisotopic (exact) mass is 520 g/mol. The second-order valence-corrected chi connectivity index (χ2v) is 10.5. The standard InChI is InChI=1S/C27H28N4O5S/c1-18-7-5-8-19(2)25(18)31(37(4,33)34)17-20-11-13-21(14-12-20)27(32)28-16-24-29-26(30-36-24)22-9-6-10-23(15-22)35-3/h5-15H,16-17H2,1-4H3,(H,28,32). The number of amides is 1. The molecular weight excluding hydrogens is 492 g/mol. The zero-order chi connectivity index (χ0) is 26.6. The van der Waals surface area contributed by atoms with Crippen LogP contribution in [0.15, 0.2) is 71.3 Å². The fraction of sp³-hybridized carbons (Fsp3) is 0.222. The zero-order valence-corrected chi connectivity index (χ0v) is 21.9. The predicted octanol–water partition coefficient (Wildman–Crippen LogP) is 4.26. The first kappa shape index (κ1) is 25.9. The molecule has 3 aromatic carbocycles. The number of nitrogens with zero attached hydrogens (tertiary/aromatic N) is 3. The Morgan fingerprint density at radius 2 is 1.70 bits per heavy atom. The minimum Gasteiger partial charge on any atom is -0.497 e. The van der Waals surface area contributed by atoms with Gasteiger partial charge in [0, 0.05) is 11.1 Å². The average molecular weight is 521 g/mol. The molecule has 0 unspecified atom stereocenters. The number of anilines is 1. The number of carbonyl (C=O) groups excluding carboxylic acids is 1. The summed E-state index contributed by atoms with van der Waals surface area (Å²) in [5.74, 6) is 1.02. The SMILES string of the molecule is COc1cccc(-c2noc(CNC(=O)c3ccc(CN(c4c(C)cccc4C)S(C)(=O)=O)cc3)n2)c1. The normalized spacial score (nSPS) is 11.2. The summed E-state index contributed by atoms with van der Waals surface area (Å²) >= 11 is 0. The van der Waals surface area contributed by atoms with Crippen LogP contribution in [-0.2, 0) is 23.1 Å². The van der Waals surface area contributed by atoms with Gasteiger partial charge in [0.25, 0.3) is 5.91 Å². The molecule has 0 aliphatic rings. The molecule has 1 amide bonds. The van der Waals surface area contributed by atoms with E-state index in [4.69, 9.17) is 9.26 Å². The lowest BCUT2D eigenvalue weighted by Crippen LogP contribution is -2.30. The van der Waals surface area contributed by atoms with Gasteiger partial charge in [-0.3, -0.25) is 9.10 Å². The van der Waals surface area contributed by atoms with Crippen LogP contribution >= 0.6 is 0 Å². The van der Waals surface area contributed by atoms with Crippen LogP contribution in [0.4, 0.5) is 5.69 Å². The molecule has 10 heteroatoms. The fourth-order valence-electron chi connectivity index (χ4n) is 3.95. The highest BCUT2D eigenvalue weighted by Gasteiger charge is 2.21. The van der Waals surface area contributed by atoms with Crippen molar-refractivity contribution < 1.29 is 22.5 Å². The zero-order valence-electron chi connectivity index (χ0n) is 21.1. The van der Waals surface area contributed by atoms with Crippen molar-refractivity contribution in [3.05, 3.63) is 94.9 Å². The Bertz CT molecular complexity index is 1490. The third-order valence-corrected chi connectivity index (χ3v) is 6.94. The Hall–Kier alpha value is -4.18. The van der Waals surface area contributed by atoms with Gasteiger partial charge in [0.1, 0.15) is 5.75 Å². The van der Waals surface area contributed by atoms with E-state index < -0.39 is 10.0 Å². The van der Waals surface area contributed by atoms with Crippen LogP contribution in [0.1, 0.15) is 32.9 Å². The summed E-state index contributed by atoms with van der Waals surface area (Å²) in [6.45, 7) is 3.99. The fourth-order valence-corrected chi connectivity index (χ4v) is 4.96. The minimum atomic E-state index is -3.53. The number of hydrogen-bond donors (Lipinski definition) is 1. The van der Waals surface area contributed by atoms with E-state index in [0.717, 1.165) is 22.3 Å². The van der Waals surface area contributed by atoms with Gasteiger partial charge in [0.2, 0.25) is 21.7 Å². The number of sulfonamides is 1. The third kappa shape index (κ3) is 6.15. The van der Waals surface area contributed by atoms with E-state index in [2.05, 4.69) is 15.5 Å². The maximum Gasteiger partial charge on any atom is 0.251 e. The topological polar surface area (TPSA) is 115 Å². The van der Waals surface area contributed by atoms with Crippen molar-refractivity contribution >= 4 is 21.6 Å². The first-order valence-electron chi connectivity index (χ1n) is 11.5. The molecule has 0 saturated heterocycles. The molecule has 1 aromatic heterocycles. The maximum absolute atomic E-state index is 12.7. The van der Waals surface area contributed by atoms with Gasteiger partial charge >= 0.3 is 0 Å². The van der Waals surface area contributed by atoms with Crippen LogP contribution in [0.2, 0.25) is 0 Å². The van der Waals surface area contributed by atoms with Crippen LogP contribution in [0.5, 0.6) is 5.75 Å². The Labute approximate surface area is 216 Å². The summed E-state index contributed by atoms with van der Waals surface area (Å²) in [5.41, 5.74) is 4.33. The van der Waals surface area contributed by atoms with Gasteiger partial charge < -0.3 is 14.6 Å². The molecule has 0 bridgehead atoms. The third-order valence-electron chi connectivity index (χ3n) is 5.83. The van der Waals surface area contributed by atoms with Crippen molar-refractivity contribution in [2.24, 2.45) is 0 Å². The molecular formula is C27H28N4O5S. The second kappa shape index (κ2) is 10.8.